The molecule has 0 bridgehead atoms. The summed E-state index contributed by atoms with van der Waals surface area (Å²) in [4.78, 5) is 12.6. The summed E-state index contributed by atoms with van der Waals surface area (Å²) in [6, 6.07) is 11.8. The van der Waals surface area contributed by atoms with Crippen molar-refractivity contribution in [1.29, 1.82) is 0 Å². The Morgan fingerprint density at radius 2 is 2.07 bits per heavy atom. The van der Waals surface area contributed by atoms with Crippen LogP contribution < -0.4 is 10.0 Å². The Balaban J connectivity index is 1.60. The highest BCUT2D eigenvalue weighted by Gasteiger charge is 2.14. The third-order valence-corrected chi connectivity index (χ3v) is 5.48. The van der Waals surface area contributed by atoms with Gasteiger partial charge in [0.1, 0.15) is 0 Å². The normalized spacial score (nSPS) is 16.8. The lowest BCUT2D eigenvalue weighted by Gasteiger charge is -2.22. The van der Waals surface area contributed by atoms with Crippen molar-refractivity contribution < 1.29 is 22.7 Å². The molecule has 0 aromatic heterocycles. The highest BCUT2D eigenvalue weighted by molar-refractivity contribution is 7.92. The zero-order valence-corrected chi connectivity index (χ0v) is 18.3. The predicted octanol–water partition coefficient (Wildman–Crippen LogP) is 4.05. The van der Waals surface area contributed by atoms with Gasteiger partial charge in [-0.05, 0) is 55.2 Å². The molecule has 1 aliphatic rings. The molecule has 1 atom stereocenters. The minimum Gasteiger partial charge on any atom is -0.376 e. The first-order chi connectivity index (χ1) is 14.3. The van der Waals surface area contributed by atoms with Gasteiger partial charge in [-0.2, -0.15) is 0 Å². The maximum Gasteiger partial charge on any atom is 0.255 e. The molecule has 0 spiro atoms. The largest absolute Gasteiger partial charge is 0.376 e. The average molecular weight is 453 g/mol. The van der Waals surface area contributed by atoms with Gasteiger partial charge >= 0.3 is 0 Å². The van der Waals surface area contributed by atoms with E-state index in [2.05, 4.69) is 10.0 Å². The summed E-state index contributed by atoms with van der Waals surface area (Å²) < 4.78 is 36.6. The number of amides is 1. The molecule has 3 rings (SSSR count). The molecule has 7 nitrogen and oxygen atoms in total. The van der Waals surface area contributed by atoms with Gasteiger partial charge in [-0.25, -0.2) is 8.42 Å². The highest BCUT2D eigenvalue weighted by Crippen LogP contribution is 2.24. The van der Waals surface area contributed by atoms with E-state index in [4.69, 9.17) is 21.1 Å². The van der Waals surface area contributed by atoms with Crippen molar-refractivity contribution in [3.63, 3.8) is 0 Å². The van der Waals surface area contributed by atoms with Gasteiger partial charge in [0, 0.05) is 17.9 Å². The standard InChI is InChI=1S/C21H25ClN2O5S/c1-30(26,27)24-20-12-16(8-9-19(20)22)21(25)23-17-6-4-5-15(11-17)13-28-14-18-7-2-3-10-29-18/h4-6,8-9,11-12,18,24H,2-3,7,10,13-14H2,1H3,(H,23,25). The van der Waals surface area contributed by atoms with E-state index in [-0.39, 0.29) is 28.3 Å². The summed E-state index contributed by atoms with van der Waals surface area (Å²) in [6.45, 7) is 1.77. The van der Waals surface area contributed by atoms with E-state index in [0.29, 0.717) is 18.9 Å². The topological polar surface area (TPSA) is 93.7 Å². The van der Waals surface area contributed by atoms with Crippen molar-refractivity contribution in [2.45, 2.75) is 32.0 Å². The Bertz CT molecular complexity index is 991. The molecule has 1 heterocycles. The summed E-state index contributed by atoms with van der Waals surface area (Å²) >= 11 is 6.01. The number of carbonyl (C=O) groups is 1. The van der Waals surface area contributed by atoms with Crippen LogP contribution in [0.1, 0.15) is 35.2 Å². The third kappa shape index (κ3) is 6.98. The van der Waals surface area contributed by atoms with Crippen molar-refractivity contribution in [2.75, 3.05) is 29.5 Å². The molecule has 0 radical (unpaired) electrons. The van der Waals surface area contributed by atoms with E-state index < -0.39 is 10.0 Å². The van der Waals surface area contributed by atoms with Gasteiger partial charge in [-0.1, -0.05) is 23.7 Å². The van der Waals surface area contributed by atoms with Crippen LogP contribution in [0.2, 0.25) is 5.02 Å². The van der Waals surface area contributed by atoms with Gasteiger partial charge in [0.2, 0.25) is 10.0 Å². The Morgan fingerprint density at radius 1 is 1.23 bits per heavy atom. The third-order valence-electron chi connectivity index (χ3n) is 4.56. The van der Waals surface area contributed by atoms with Crippen LogP contribution in [-0.4, -0.2) is 39.9 Å². The zero-order valence-electron chi connectivity index (χ0n) is 16.7. The SMILES string of the molecule is CS(=O)(=O)Nc1cc(C(=O)Nc2cccc(COCC3CCCCO3)c2)ccc1Cl. The summed E-state index contributed by atoms with van der Waals surface area (Å²) in [7, 11) is -3.51. The Hall–Kier alpha value is -2.13. The number of carbonyl (C=O) groups excluding carboxylic acids is 1. The van der Waals surface area contributed by atoms with Crippen molar-refractivity contribution in [2.24, 2.45) is 0 Å². The van der Waals surface area contributed by atoms with Crippen molar-refractivity contribution >= 4 is 38.9 Å². The van der Waals surface area contributed by atoms with Crippen molar-refractivity contribution in [1.82, 2.24) is 0 Å². The first kappa shape index (κ1) is 22.6. The lowest BCUT2D eigenvalue weighted by atomic mass is 10.1. The average Bonchev–Trinajstić information content (AvgIpc) is 2.70. The lowest BCUT2D eigenvalue weighted by Crippen LogP contribution is -2.24. The first-order valence-electron chi connectivity index (χ1n) is 9.67. The summed E-state index contributed by atoms with van der Waals surface area (Å²) in [6.07, 6.45) is 4.47. The first-order valence-corrected chi connectivity index (χ1v) is 11.9. The monoisotopic (exact) mass is 452 g/mol. The van der Waals surface area contributed by atoms with Gasteiger partial charge in [0.25, 0.3) is 5.91 Å². The molecule has 2 aromatic rings. The second kappa shape index (κ2) is 10.3. The fraction of sp³-hybridized carbons (Fsp3) is 0.381. The maximum absolute atomic E-state index is 12.6. The highest BCUT2D eigenvalue weighted by atomic mass is 35.5. The van der Waals surface area contributed by atoms with Crippen LogP contribution in [0.4, 0.5) is 11.4 Å². The van der Waals surface area contributed by atoms with E-state index >= 15 is 0 Å². The van der Waals surface area contributed by atoms with Crippen LogP contribution in [0.25, 0.3) is 0 Å². The fourth-order valence-electron chi connectivity index (χ4n) is 3.13. The van der Waals surface area contributed by atoms with E-state index in [0.717, 1.165) is 31.3 Å². The molecule has 1 amide bonds. The quantitative estimate of drug-likeness (QED) is 0.630. The molecule has 30 heavy (non-hydrogen) atoms. The Labute approximate surface area is 181 Å². The zero-order chi connectivity index (χ0) is 21.6. The van der Waals surface area contributed by atoms with E-state index in [9.17, 15) is 13.2 Å². The molecule has 162 valence electrons. The number of nitrogens with one attached hydrogen (secondary N) is 2. The number of halogens is 1. The van der Waals surface area contributed by atoms with Crippen molar-refractivity contribution in [3.8, 4) is 0 Å². The van der Waals surface area contributed by atoms with Crippen molar-refractivity contribution in [3.05, 3.63) is 58.6 Å². The molecule has 2 aromatic carbocycles. The smallest absolute Gasteiger partial charge is 0.255 e. The maximum atomic E-state index is 12.6. The number of hydrogen-bond donors (Lipinski definition) is 2. The van der Waals surface area contributed by atoms with E-state index in [1.807, 2.05) is 18.2 Å². The van der Waals surface area contributed by atoms with Crippen LogP contribution in [0, 0.1) is 0 Å². The minimum absolute atomic E-state index is 0.152. The van der Waals surface area contributed by atoms with E-state index in [1.165, 1.54) is 24.6 Å². The van der Waals surface area contributed by atoms with Crippen LogP contribution in [-0.2, 0) is 26.1 Å². The second-order valence-electron chi connectivity index (χ2n) is 7.23. The molecule has 1 fully saturated rings. The molecule has 1 aliphatic heterocycles. The number of rotatable bonds is 8. The summed E-state index contributed by atoms with van der Waals surface area (Å²) in [5.74, 6) is -0.378. The molecule has 0 aliphatic carbocycles. The minimum atomic E-state index is -3.51. The predicted molar refractivity (Wildman–Crippen MR) is 118 cm³/mol. The number of ether oxygens (including phenoxy) is 2. The number of sulfonamides is 1. The van der Waals surface area contributed by atoms with Gasteiger partial charge in [-0.15, -0.1) is 0 Å². The van der Waals surface area contributed by atoms with Gasteiger partial charge in [-0.3, -0.25) is 9.52 Å². The molecule has 0 saturated carbocycles. The number of anilines is 2. The van der Waals surface area contributed by atoms with Gasteiger partial charge in [0.15, 0.2) is 0 Å². The Morgan fingerprint density at radius 3 is 2.80 bits per heavy atom. The molecule has 9 heteroatoms. The molecular formula is C21H25ClN2O5S. The van der Waals surface area contributed by atoms with Gasteiger partial charge < -0.3 is 14.8 Å². The lowest BCUT2D eigenvalue weighted by molar-refractivity contribution is -0.0447. The van der Waals surface area contributed by atoms with Crippen LogP contribution >= 0.6 is 11.6 Å². The number of hydrogen-bond acceptors (Lipinski definition) is 5. The summed E-state index contributed by atoms with van der Waals surface area (Å²) in [5.41, 5.74) is 1.97. The van der Waals surface area contributed by atoms with E-state index in [1.54, 1.807) is 6.07 Å². The fourth-order valence-corrected chi connectivity index (χ4v) is 3.92. The molecule has 1 saturated heterocycles. The summed E-state index contributed by atoms with van der Waals surface area (Å²) in [5, 5.41) is 3.01. The Kier molecular flexibility index (Phi) is 7.71. The molecule has 1 unspecified atom stereocenters. The number of benzene rings is 2. The molecular weight excluding hydrogens is 428 g/mol. The van der Waals surface area contributed by atoms with Crippen LogP contribution in [0.15, 0.2) is 42.5 Å². The molecule has 2 N–H and O–H groups in total. The van der Waals surface area contributed by atoms with Crippen LogP contribution in [0.3, 0.4) is 0 Å². The van der Waals surface area contributed by atoms with Gasteiger partial charge in [0.05, 0.1) is 36.3 Å². The second-order valence-corrected chi connectivity index (χ2v) is 9.38. The van der Waals surface area contributed by atoms with Crippen LogP contribution in [0.5, 0.6) is 0 Å².